The van der Waals surface area contributed by atoms with Gasteiger partial charge in [-0.05, 0) is 37.0 Å². The van der Waals surface area contributed by atoms with E-state index >= 15 is 0 Å². The standard InChI is InChI=1S/C27H36N4O3.ClH/c32-26(34-21-23-6-2-1-3-7-23)30-16-14-29(15-17-30)18-19-33-25-9-4-8-24(20-25)31-13-12-28-22-27(31)10-5-11-27;/h1-4,6-9,20,28H,5,10-19,21-22H2;1H. The van der Waals surface area contributed by atoms with E-state index in [1.807, 2.05) is 30.3 Å². The van der Waals surface area contributed by atoms with E-state index in [4.69, 9.17) is 9.47 Å². The molecule has 0 unspecified atom stereocenters. The van der Waals surface area contributed by atoms with Gasteiger partial charge in [-0.2, -0.15) is 0 Å². The predicted molar refractivity (Wildman–Crippen MR) is 141 cm³/mol. The number of hydrogen-bond acceptors (Lipinski definition) is 6. The maximum absolute atomic E-state index is 12.4. The second kappa shape index (κ2) is 12.0. The summed E-state index contributed by atoms with van der Waals surface area (Å²) in [6.45, 7) is 8.07. The third kappa shape index (κ3) is 6.21. The zero-order chi connectivity index (χ0) is 23.2. The number of nitrogens with zero attached hydrogens (tertiary/aromatic N) is 3. The maximum atomic E-state index is 12.4. The smallest absolute Gasteiger partial charge is 0.410 e. The van der Waals surface area contributed by atoms with Gasteiger partial charge in [0.1, 0.15) is 19.0 Å². The van der Waals surface area contributed by atoms with Crippen LogP contribution in [0, 0.1) is 0 Å². The highest BCUT2D eigenvalue weighted by Crippen LogP contribution is 2.41. The normalized spacial score (nSPS) is 19.5. The minimum absolute atomic E-state index is 0. The molecule has 0 aromatic heterocycles. The summed E-state index contributed by atoms with van der Waals surface area (Å²) in [7, 11) is 0. The van der Waals surface area contributed by atoms with Crippen molar-refractivity contribution in [3.8, 4) is 5.75 Å². The average Bonchev–Trinajstić information content (AvgIpc) is 2.87. The lowest BCUT2D eigenvalue weighted by Crippen LogP contribution is -2.65. The van der Waals surface area contributed by atoms with Crippen molar-refractivity contribution in [3.05, 3.63) is 60.2 Å². The molecule has 0 atom stereocenters. The van der Waals surface area contributed by atoms with Gasteiger partial charge in [0.15, 0.2) is 0 Å². The maximum Gasteiger partial charge on any atom is 0.410 e. The molecular formula is C27H37ClN4O3. The van der Waals surface area contributed by atoms with Gasteiger partial charge in [0.2, 0.25) is 0 Å². The number of benzene rings is 2. The molecule has 3 aliphatic rings. The molecule has 1 N–H and O–H groups in total. The Morgan fingerprint density at radius 1 is 0.971 bits per heavy atom. The third-order valence-electron chi connectivity index (χ3n) is 7.46. The van der Waals surface area contributed by atoms with Crippen LogP contribution in [0.15, 0.2) is 54.6 Å². The van der Waals surface area contributed by atoms with Crippen LogP contribution in [0.1, 0.15) is 24.8 Å². The Kier molecular flexibility index (Phi) is 8.76. The summed E-state index contributed by atoms with van der Waals surface area (Å²) in [5.41, 5.74) is 2.59. The molecule has 2 aliphatic heterocycles. The summed E-state index contributed by atoms with van der Waals surface area (Å²) in [6, 6.07) is 18.4. The molecule has 7 nitrogen and oxygen atoms in total. The van der Waals surface area contributed by atoms with Crippen molar-refractivity contribution < 1.29 is 14.3 Å². The lowest BCUT2D eigenvalue weighted by Gasteiger charge is -2.54. The Labute approximate surface area is 214 Å². The van der Waals surface area contributed by atoms with Crippen molar-refractivity contribution in [2.45, 2.75) is 31.4 Å². The first-order valence-electron chi connectivity index (χ1n) is 12.6. The zero-order valence-corrected chi connectivity index (χ0v) is 21.2. The lowest BCUT2D eigenvalue weighted by molar-refractivity contribution is 0.0684. The van der Waals surface area contributed by atoms with E-state index in [-0.39, 0.29) is 18.5 Å². The molecule has 2 aromatic rings. The van der Waals surface area contributed by atoms with Gasteiger partial charge < -0.3 is 24.6 Å². The summed E-state index contributed by atoms with van der Waals surface area (Å²) in [5, 5.41) is 3.58. The first kappa shape index (κ1) is 25.6. The Bertz CT molecular complexity index is 948. The molecular weight excluding hydrogens is 464 g/mol. The molecule has 35 heavy (non-hydrogen) atoms. The van der Waals surface area contributed by atoms with Crippen molar-refractivity contribution in [3.63, 3.8) is 0 Å². The molecule has 5 rings (SSSR count). The number of ether oxygens (including phenoxy) is 2. The van der Waals surface area contributed by atoms with Crippen molar-refractivity contribution in [1.29, 1.82) is 0 Å². The van der Waals surface area contributed by atoms with Gasteiger partial charge in [-0.25, -0.2) is 4.79 Å². The van der Waals surface area contributed by atoms with Crippen LogP contribution in [0.4, 0.5) is 10.5 Å². The number of anilines is 1. The fourth-order valence-corrected chi connectivity index (χ4v) is 5.28. The Morgan fingerprint density at radius 2 is 1.77 bits per heavy atom. The molecule has 2 heterocycles. The van der Waals surface area contributed by atoms with Gasteiger partial charge in [0.05, 0.1) is 5.54 Å². The number of piperazine rings is 2. The average molecular weight is 501 g/mol. The molecule has 1 amide bonds. The number of amides is 1. The molecule has 1 spiro atoms. The van der Waals surface area contributed by atoms with Crippen LogP contribution in [0.25, 0.3) is 0 Å². The first-order valence-corrected chi connectivity index (χ1v) is 12.6. The van der Waals surface area contributed by atoms with E-state index in [0.29, 0.717) is 31.8 Å². The van der Waals surface area contributed by atoms with Crippen molar-refractivity contribution in [2.24, 2.45) is 0 Å². The fraction of sp³-hybridized carbons (Fsp3) is 0.519. The number of rotatable bonds is 7. The summed E-state index contributed by atoms with van der Waals surface area (Å²) in [6.07, 6.45) is 3.65. The second-order valence-corrected chi connectivity index (χ2v) is 9.62. The zero-order valence-electron chi connectivity index (χ0n) is 20.4. The van der Waals surface area contributed by atoms with Crippen molar-refractivity contribution >= 4 is 24.2 Å². The van der Waals surface area contributed by atoms with Crippen LogP contribution in [0.3, 0.4) is 0 Å². The minimum Gasteiger partial charge on any atom is -0.492 e. The fourth-order valence-electron chi connectivity index (χ4n) is 5.28. The highest BCUT2D eigenvalue weighted by Gasteiger charge is 2.44. The Balaban J connectivity index is 0.00000289. The first-order chi connectivity index (χ1) is 16.7. The molecule has 3 fully saturated rings. The van der Waals surface area contributed by atoms with E-state index in [1.165, 1.54) is 24.9 Å². The summed E-state index contributed by atoms with van der Waals surface area (Å²) < 4.78 is 11.6. The summed E-state index contributed by atoms with van der Waals surface area (Å²) in [4.78, 5) is 19.1. The van der Waals surface area contributed by atoms with Crippen LogP contribution < -0.4 is 15.0 Å². The van der Waals surface area contributed by atoms with E-state index in [2.05, 4.69) is 39.4 Å². The van der Waals surface area contributed by atoms with Crippen LogP contribution in [0.2, 0.25) is 0 Å². The molecule has 1 saturated carbocycles. The molecule has 0 radical (unpaired) electrons. The molecule has 2 saturated heterocycles. The van der Waals surface area contributed by atoms with Gasteiger partial charge >= 0.3 is 6.09 Å². The van der Waals surface area contributed by atoms with Gasteiger partial charge in [-0.1, -0.05) is 36.4 Å². The van der Waals surface area contributed by atoms with E-state index in [0.717, 1.165) is 50.6 Å². The topological polar surface area (TPSA) is 57.3 Å². The number of carbonyl (C=O) groups excluding carboxylic acids is 1. The Morgan fingerprint density at radius 3 is 2.51 bits per heavy atom. The van der Waals surface area contributed by atoms with E-state index < -0.39 is 0 Å². The van der Waals surface area contributed by atoms with Gasteiger partial charge in [-0.15, -0.1) is 12.4 Å². The summed E-state index contributed by atoms with van der Waals surface area (Å²) in [5.74, 6) is 0.939. The molecule has 1 aliphatic carbocycles. The second-order valence-electron chi connectivity index (χ2n) is 9.62. The van der Waals surface area contributed by atoms with Gasteiger partial charge in [0.25, 0.3) is 0 Å². The number of carbonyl (C=O) groups is 1. The van der Waals surface area contributed by atoms with Crippen LogP contribution in [-0.2, 0) is 11.3 Å². The SMILES string of the molecule is Cl.O=C(OCc1ccccc1)N1CCN(CCOc2cccc(N3CCNCC34CCC4)c2)CC1. The monoisotopic (exact) mass is 500 g/mol. The number of hydrogen-bond donors (Lipinski definition) is 1. The number of nitrogens with one attached hydrogen (secondary N) is 1. The highest BCUT2D eigenvalue weighted by atomic mass is 35.5. The quantitative estimate of drug-likeness (QED) is 0.624. The molecule has 8 heteroatoms. The van der Waals surface area contributed by atoms with Gasteiger partial charge in [0, 0.05) is 64.1 Å². The lowest BCUT2D eigenvalue weighted by atomic mass is 9.74. The largest absolute Gasteiger partial charge is 0.492 e. The van der Waals surface area contributed by atoms with Crippen LogP contribution in [-0.4, -0.2) is 80.4 Å². The number of halogens is 1. The molecule has 190 valence electrons. The van der Waals surface area contributed by atoms with Crippen molar-refractivity contribution in [2.75, 3.05) is 63.9 Å². The third-order valence-corrected chi connectivity index (χ3v) is 7.46. The van der Waals surface area contributed by atoms with E-state index in [9.17, 15) is 4.79 Å². The molecule has 0 bridgehead atoms. The van der Waals surface area contributed by atoms with Gasteiger partial charge in [-0.3, -0.25) is 4.90 Å². The Hall–Kier alpha value is -2.48. The summed E-state index contributed by atoms with van der Waals surface area (Å²) >= 11 is 0. The van der Waals surface area contributed by atoms with Crippen molar-refractivity contribution in [1.82, 2.24) is 15.1 Å². The minimum atomic E-state index is -0.228. The van der Waals surface area contributed by atoms with Crippen LogP contribution >= 0.6 is 12.4 Å². The molecule has 2 aromatic carbocycles. The highest BCUT2D eigenvalue weighted by molar-refractivity contribution is 5.85. The van der Waals surface area contributed by atoms with Crippen LogP contribution in [0.5, 0.6) is 5.75 Å². The van der Waals surface area contributed by atoms with E-state index in [1.54, 1.807) is 4.90 Å². The predicted octanol–water partition coefficient (Wildman–Crippen LogP) is 3.77.